The molecule has 0 radical (unpaired) electrons. The van der Waals surface area contributed by atoms with Crippen molar-refractivity contribution in [2.45, 2.75) is 20.0 Å². The molecule has 1 aliphatic rings. The molecule has 5 nitrogen and oxygen atoms in total. The molecule has 98 valence electrons. The van der Waals surface area contributed by atoms with E-state index >= 15 is 0 Å². The van der Waals surface area contributed by atoms with Crippen LogP contribution in [-0.2, 0) is 14.3 Å². The van der Waals surface area contributed by atoms with Crippen LogP contribution >= 0.6 is 0 Å². The number of hydrogen-bond acceptors (Lipinski definition) is 4. The Labute approximate surface area is 106 Å². The van der Waals surface area contributed by atoms with E-state index in [4.69, 9.17) is 15.2 Å². The number of nitrogens with two attached hydrogens (primary N) is 1. The SMILES string of the molecule is Cc1ccc(N)c(C)c1NC(=O)C1COCCO1. The summed E-state index contributed by atoms with van der Waals surface area (Å²) in [6, 6.07) is 3.72. The first kappa shape index (κ1) is 12.9. The van der Waals surface area contributed by atoms with Gasteiger partial charge in [-0.05, 0) is 31.0 Å². The maximum atomic E-state index is 12.0. The van der Waals surface area contributed by atoms with E-state index < -0.39 is 6.10 Å². The van der Waals surface area contributed by atoms with Crippen molar-refractivity contribution < 1.29 is 14.3 Å². The van der Waals surface area contributed by atoms with Gasteiger partial charge in [0, 0.05) is 11.4 Å². The number of hydrogen-bond donors (Lipinski definition) is 2. The predicted molar refractivity (Wildman–Crippen MR) is 69.5 cm³/mol. The van der Waals surface area contributed by atoms with Crippen molar-refractivity contribution in [1.29, 1.82) is 0 Å². The molecule has 1 fully saturated rings. The molecule has 1 saturated heterocycles. The van der Waals surface area contributed by atoms with E-state index in [1.807, 2.05) is 26.0 Å². The zero-order chi connectivity index (χ0) is 13.1. The molecule has 1 amide bonds. The van der Waals surface area contributed by atoms with Crippen LogP contribution < -0.4 is 11.1 Å². The van der Waals surface area contributed by atoms with Crippen molar-refractivity contribution in [3.05, 3.63) is 23.3 Å². The van der Waals surface area contributed by atoms with Crippen molar-refractivity contribution in [2.75, 3.05) is 30.9 Å². The van der Waals surface area contributed by atoms with E-state index in [1.54, 1.807) is 0 Å². The number of aryl methyl sites for hydroxylation is 1. The maximum Gasteiger partial charge on any atom is 0.255 e. The van der Waals surface area contributed by atoms with Gasteiger partial charge in [0.2, 0.25) is 0 Å². The molecule has 3 N–H and O–H groups in total. The average Bonchev–Trinajstić information content (AvgIpc) is 2.40. The summed E-state index contributed by atoms with van der Waals surface area (Å²) in [4.78, 5) is 12.0. The van der Waals surface area contributed by atoms with Gasteiger partial charge in [0.1, 0.15) is 0 Å². The Bertz CT molecular complexity index is 454. The minimum absolute atomic E-state index is 0.188. The first-order valence-electron chi connectivity index (χ1n) is 5.95. The van der Waals surface area contributed by atoms with Gasteiger partial charge >= 0.3 is 0 Å². The summed E-state index contributed by atoms with van der Waals surface area (Å²) in [5.41, 5.74) is 9.11. The van der Waals surface area contributed by atoms with Gasteiger partial charge in [-0.1, -0.05) is 6.07 Å². The highest BCUT2D eigenvalue weighted by Gasteiger charge is 2.23. The Kier molecular flexibility index (Phi) is 3.84. The standard InChI is InChI=1S/C13H18N2O3/c1-8-3-4-10(14)9(2)12(8)15-13(16)11-7-17-5-6-18-11/h3-4,11H,5-7,14H2,1-2H3,(H,15,16). The third-order valence-electron chi connectivity index (χ3n) is 3.07. The van der Waals surface area contributed by atoms with Crippen molar-refractivity contribution in [3.63, 3.8) is 0 Å². The summed E-state index contributed by atoms with van der Waals surface area (Å²) in [7, 11) is 0. The van der Waals surface area contributed by atoms with Gasteiger partial charge < -0.3 is 20.5 Å². The van der Waals surface area contributed by atoms with Gasteiger partial charge in [0.05, 0.1) is 19.8 Å². The van der Waals surface area contributed by atoms with Crippen molar-refractivity contribution in [3.8, 4) is 0 Å². The normalized spacial score (nSPS) is 19.6. The van der Waals surface area contributed by atoms with Crippen LogP contribution in [0.25, 0.3) is 0 Å². The molecule has 1 aliphatic heterocycles. The summed E-state index contributed by atoms with van der Waals surface area (Å²) < 4.78 is 10.6. The van der Waals surface area contributed by atoms with E-state index in [0.29, 0.717) is 25.5 Å². The van der Waals surface area contributed by atoms with Gasteiger partial charge in [-0.15, -0.1) is 0 Å². The smallest absolute Gasteiger partial charge is 0.255 e. The van der Waals surface area contributed by atoms with Crippen LogP contribution in [-0.4, -0.2) is 31.8 Å². The molecular weight excluding hydrogens is 232 g/mol. The molecular formula is C13H18N2O3. The van der Waals surface area contributed by atoms with E-state index in [1.165, 1.54) is 0 Å². The second kappa shape index (κ2) is 5.37. The van der Waals surface area contributed by atoms with Crippen LogP contribution in [0.5, 0.6) is 0 Å². The summed E-state index contributed by atoms with van der Waals surface area (Å²) in [5, 5.41) is 2.87. The van der Waals surface area contributed by atoms with Crippen molar-refractivity contribution in [1.82, 2.24) is 0 Å². The Hall–Kier alpha value is -1.59. The molecule has 1 unspecified atom stereocenters. The Morgan fingerprint density at radius 3 is 2.83 bits per heavy atom. The minimum Gasteiger partial charge on any atom is -0.398 e. The topological polar surface area (TPSA) is 73.6 Å². The number of nitrogens with one attached hydrogen (secondary N) is 1. The minimum atomic E-state index is -0.543. The van der Waals surface area contributed by atoms with Crippen molar-refractivity contribution in [2.24, 2.45) is 0 Å². The Morgan fingerprint density at radius 2 is 2.17 bits per heavy atom. The van der Waals surface area contributed by atoms with Crippen LogP contribution in [0.15, 0.2) is 12.1 Å². The number of ether oxygens (including phenoxy) is 2. The molecule has 0 saturated carbocycles. The molecule has 2 rings (SSSR count). The molecule has 0 aromatic heterocycles. The van der Waals surface area contributed by atoms with Gasteiger partial charge in [-0.25, -0.2) is 0 Å². The fraction of sp³-hybridized carbons (Fsp3) is 0.462. The summed E-state index contributed by atoms with van der Waals surface area (Å²) in [6.45, 7) is 5.11. The number of rotatable bonds is 2. The number of carbonyl (C=O) groups is 1. The lowest BCUT2D eigenvalue weighted by molar-refractivity contribution is -0.142. The van der Waals surface area contributed by atoms with Crippen LogP contribution in [0.3, 0.4) is 0 Å². The number of carbonyl (C=O) groups excluding carboxylic acids is 1. The number of nitrogen functional groups attached to an aromatic ring is 1. The van der Waals surface area contributed by atoms with Crippen molar-refractivity contribution >= 4 is 17.3 Å². The lowest BCUT2D eigenvalue weighted by Gasteiger charge is -2.23. The van der Waals surface area contributed by atoms with E-state index in [2.05, 4.69) is 5.32 Å². The lowest BCUT2D eigenvalue weighted by atomic mass is 10.1. The van der Waals surface area contributed by atoms with Crippen LogP contribution in [0.2, 0.25) is 0 Å². The fourth-order valence-corrected chi connectivity index (χ4v) is 1.90. The Balaban J connectivity index is 2.13. The number of amides is 1. The first-order chi connectivity index (χ1) is 8.59. The zero-order valence-corrected chi connectivity index (χ0v) is 10.7. The molecule has 5 heteroatoms. The van der Waals surface area contributed by atoms with Crippen LogP contribution in [0.4, 0.5) is 11.4 Å². The highest BCUT2D eigenvalue weighted by Crippen LogP contribution is 2.25. The first-order valence-corrected chi connectivity index (χ1v) is 5.95. The van der Waals surface area contributed by atoms with Crippen LogP contribution in [0, 0.1) is 13.8 Å². The largest absolute Gasteiger partial charge is 0.398 e. The van der Waals surface area contributed by atoms with Gasteiger partial charge in [-0.2, -0.15) is 0 Å². The van der Waals surface area contributed by atoms with Gasteiger partial charge in [0.25, 0.3) is 5.91 Å². The molecule has 0 spiro atoms. The third kappa shape index (κ3) is 2.63. The second-order valence-electron chi connectivity index (χ2n) is 4.40. The van der Waals surface area contributed by atoms with E-state index in [-0.39, 0.29) is 5.91 Å². The molecule has 0 bridgehead atoms. The quantitative estimate of drug-likeness (QED) is 0.774. The lowest BCUT2D eigenvalue weighted by Crippen LogP contribution is -2.39. The number of anilines is 2. The second-order valence-corrected chi connectivity index (χ2v) is 4.40. The molecule has 1 aromatic carbocycles. The van der Waals surface area contributed by atoms with E-state index in [0.717, 1.165) is 16.8 Å². The molecule has 0 aliphatic carbocycles. The van der Waals surface area contributed by atoms with Gasteiger partial charge in [-0.3, -0.25) is 4.79 Å². The average molecular weight is 250 g/mol. The molecule has 1 atom stereocenters. The molecule has 18 heavy (non-hydrogen) atoms. The fourth-order valence-electron chi connectivity index (χ4n) is 1.90. The highest BCUT2D eigenvalue weighted by atomic mass is 16.6. The molecule has 1 aromatic rings. The summed E-state index contributed by atoms with van der Waals surface area (Å²) in [6.07, 6.45) is -0.543. The maximum absolute atomic E-state index is 12.0. The zero-order valence-electron chi connectivity index (χ0n) is 10.7. The third-order valence-corrected chi connectivity index (χ3v) is 3.07. The van der Waals surface area contributed by atoms with Gasteiger partial charge in [0.15, 0.2) is 6.10 Å². The predicted octanol–water partition coefficient (Wildman–Crippen LogP) is 1.24. The Morgan fingerprint density at radius 1 is 1.39 bits per heavy atom. The highest BCUT2D eigenvalue weighted by molar-refractivity contribution is 5.96. The summed E-state index contributed by atoms with van der Waals surface area (Å²) in [5.74, 6) is -0.188. The van der Waals surface area contributed by atoms with E-state index in [9.17, 15) is 4.79 Å². The summed E-state index contributed by atoms with van der Waals surface area (Å²) >= 11 is 0. The van der Waals surface area contributed by atoms with Crippen LogP contribution in [0.1, 0.15) is 11.1 Å². The molecule has 1 heterocycles. The number of benzene rings is 1. The monoisotopic (exact) mass is 250 g/mol.